The Morgan fingerprint density at radius 2 is 1.71 bits per heavy atom. The van der Waals surface area contributed by atoms with Gasteiger partial charge >= 0.3 is 0 Å². The fourth-order valence-electron chi connectivity index (χ4n) is 3.19. The van der Waals surface area contributed by atoms with E-state index in [1.54, 1.807) is 36.4 Å². The summed E-state index contributed by atoms with van der Waals surface area (Å²) in [7, 11) is -3.63. The first kappa shape index (κ1) is 20.8. The normalized spacial score (nSPS) is 16.6. The van der Waals surface area contributed by atoms with Crippen molar-refractivity contribution in [1.29, 1.82) is 0 Å². The standard InChI is InChI=1S/C21H28N2O4S/c1-2-17-3-9-20(10-4-17)28(25,26)22-19-7-5-18(6-8-19)21(24)11-12-23-13-15-27-16-14-23/h3-10,21-22,24H,2,11-16H2,1H3. The lowest BCUT2D eigenvalue weighted by Gasteiger charge is -2.27. The van der Waals surface area contributed by atoms with Crippen LogP contribution >= 0.6 is 0 Å². The van der Waals surface area contributed by atoms with Crippen LogP contribution < -0.4 is 4.72 Å². The van der Waals surface area contributed by atoms with E-state index in [-0.39, 0.29) is 4.90 Å². The van der Waals surface area contributed by atoms with Crippen molar-refractivity contribution in [2.75, 3.05) is 37.6 Å². The second-order valence-corrected chi connectivity index (χ2v) is 8.67. The third-order valence-corrected chi connectivity index (χ3v) is 6.41. The van der Waals surface area contributed by atoms with Crippen LogP contribution in [0.1, 0.15) is 30.6 Å². The molecule has 0 aromatic heterocycles. The minimum absolute atomic E-state index is 0.235. The predicted octanol–water partition coefficient (Wildman–Crippen LogP) is 2.81. The Labute approximate surface area is 167 Å². The van der Waals surface area contributed by atoms with Crippen molar-refractivity contribution in [2.45, 2.75) is 30.8 Å². The average molecular weight is 405 g/mol. The minimum atomic E-state index is -3.63. The summed E-state index contributed by atoms with van der Waals surface area (Å²) in [5, 5.41) is 10.4. The second kappa shape index (κ2) is 9.52. The molecule has 1 fully saturated rings. The van der Waals surface area contributed by atoms with E-state index in [0.29, 0.717) is 12.1 Å². The van der Waals surface area contributed by atoms with Crippen LogP contribution in [0.5, 0.6) is 0 Å². The molecule has 1 aliphatic rings. The molecule has 1 saturated heterocycles. The number of rotatable bonds is 8. The zero-order chi connectivity index (χ0) is 20.0. The molecule has 6 nitrogen and oxygen atoms in total. The summed E-state index contributed by atoms with van der Waals surface area (Å²) >= 11 is 0. The molecule has 0 saturated carbocycles. The van der Waals surface area contributed by atoms with Crippen molar-refractivity contribution < 1.29 is 18.3 Å². The molecule has 1 aliphatic heterocycles. The number of hydrogen-bond acceptors (Lipinski definition) is 5. The summed E-state index contributed by atoms with van der Waals surface area (Å²) in [6.07, 6.45) is 0.924. The van der Waals surface area contributed by atoms with Gasteiger partial charge in [0.25, 0.3) is 10.0 Å². The molecule has 0 spiro atoms. The van der Waals surface area contributed by atoms with Crippen LogP contribution in [0.4, 0.5) is 5.69 Å². The molecule has 2 aromatic rings. The number of hydrogen-bond donors (Lipinski definition) is 2. The highest BCUT2D eigenvalue weighted by Gasteiger charge is 2.16. The van der Waals surface area contributed by atoms with E-state index in [9.17, 15) is 13.5 Å². The number of aliphatic hydroxyl groups excluding tert-OH is 1. The van der Waals surface area contributed by atoms with Gasteiger partial charge in [-0.15, -0.1) is 0 Å². The summed E-state index contributed by atoms with van der Waals surface area (Å²) in [5.41, 5.74) is 2.35. The van der Waals surface area contributed by atoms with Gasteiger partial charge in [0.05, 0.1) is 24.2 Å². The number of ether oxygens (including phenoxy) is 1. The zero-order valence-electron chi connectivity index (χ0n) is 16.2. The molecule has 1 atom stereocenters. The molecule has 152 valence electrons. The van der Waals surface area contributed by atoms with Gasteiger partial charge in [0.2, 0.25) is 0 Å². The number of nitrogens with zero attached hydrogens (tertiary/aromatic N) is 1. The molecular formula is C21H28N2O4S. The Kier molecular flexibility index (Phi) is 7.07. The number of nitrogens with one attached hydrogen (secondary N) is 1. The van der Waals surface area contributed by atoms with E-state index in [4.69, 9.17) is 4.74 Å². The van der Waals surface area contributed by atoms with Crippen molar-refractivity contribution in [3.8, 4) is 0 Å². The largest absolute Gasteiger partial charge is 0.388 e. The van der Waals surface area contributed by atoms with Crippen molar-refractivity contribution in [1.82, 2.24) is 4.90 Å². The van der Waals surface area contributed by atoms with Gasteiger partial charge in [0.15, 0.2) is 0 Å². The first-order valence-corrected chi connectivity index (χ1v) is 11.2. The van der Waals surface area contributed by atoms with Crippen molar-refractivity contribution in [3.63, 3.8) is 0 Å². The number of anilines is 1. The van der Waals surface area contributed by atoms with Gasteiger partial charge < -0.3 is 9.84 Å². The molecule has 0 amide bonds. The molecule has 28 heavy (non-hydrogen) atoms. The maximum atomic E-state index is 12.5. The summed E-state index contributed by atoms with van der Waals surface area (Å²) in [4.78, 5) is 2.51. The average Bonchev–Trinajstić information content (AvgIpc) is 2.73. The fourth-order valence-corrected chi connectivity index (χ4v) is 4.25. The summed E-state index contributed by atoms with van der Waals surface area (Å²) < 4.78 is 33.0. The van der Waals surface area contributed by atoms with Crippen LogP contribution in [0.25, 0.3) is 0 Å². The van der Waals surface area contributed by atoms with Gasteiger partial charge in [-0.1, -0.05) is 31.2 Å². The van der Waals surface area contributed by atoms with Crippen LogP contribution in [-0.4, -0.2) is 51.3 Å². The Morgan fingerprint density at radius 3 is 2.32 bits per heavy atom. The van der Waals surface area contributed by atoms with Crippen LogP contribution in [0.2, 0.25) is 0 Å². The van der Waals surface area contributed by atoms with Crippen LogP contribution in [0.15, 0.2) is 53.4 Å². The molecule has 0 aliphatic carbocycles. The Hall–Kier alpha value is -1.93. The number of sulfonamides is 1. The van der Waals surface area contributed by atoms with E-state index in [1.165, 1.54) is 0 Å². The summed E-state index contributed by atoms with van der Waals surface area (Å²) in [6, 6.07) is 13.8. The third-order valence-electron chi connectivity index (χ3n) is 5.01. The minimum Gasteiger partial charge on any atom is -0.388 e. The number of benzene rings is 2. The lowest BCUT2D eigenvalue weighted by atomic mass is 10.1. The highest BCUT2D eigenvalue weighted by Crippen LogP contribution is 2.22. The van der Waals surface area contributed by atoms with Gasteiger partial charge in [-0.05, 0) is 48.2 Å². The quantitative estimate of drug-likeness (QED) is 0.707. The van der Waals surface area contributed by atoms with Gasteiger partial charge in [0, 0.05) is 25.3 Å². The highest BCUT2D eigenvalue weighted by molar-refractivity contribution is 7.92. The van der Waals surface area contributed by atoms with E-state index in [2.05, 4.69) is 9.62 Å². The third kappa shape index (κ3) is 5.54. The molecule has 3 rings (SSSR count). The molecular weight excluding hydrogens is 376 g/mol. The number of aryl methyl sites for hydroxylation is 1. The SMILES string of the molecule is CCc1ccc(S(=O)(=O)Nc2ccc(C(O)CCN3CCOCC3)cc2)cc1. The van der Waals surface area contributed by atoms with Gasteiger partial charge in [-0.2, -0.15) is 0 Å². The summed E-state index contributed by atoms with van der Waals surface area (Å²) in [5.74, 6) is 0. The topological polar surface area (TPSA) is 78.9 Å². The first-order valence-electron chi connectivity index (χ1n) is 9.68. The fraction of sp³-hybridized carbons (Fsp3) is 0.429. The number of morpholine rings is 1. The number of aliphatic hydroxyl groups is 1. The van der Waals surface area contributed by atoms with Gasteiger partial charge in [0.1, 0.15) is 0 Å². The molecule has 0 bridgehead atoms. The lowest BCUT2D eigenvalue weighted by Crippen LogP contribution is -2.37. The monoisotopic (exact) mass is 404 g/mol. The highest BCUT2D eigenvalue weighted by atomic mass is 32.2. The van der Waals surface area contributed by atoms with Crippen molar-refractivity contribution >= 4 is 15.7 Å². The Balaban J connectivity index is 1.58. The van der Waals surface area contributed by atoms with E-state index >= 15 is 0 Å². The summed E-state index contributed by atoms with van der Waals surface area (Å²) in [6.45, 7) is 6.11. The van der Waals surface area contributed by atoms with Crippen LogP contribution in [0, 0.1) is 0 Å². The molecule has 2 N–H and O–H groups in total. The predicted molar refractivity (Wildman–Crippen MR) is 110 cm³/mol. The zero-order valence-corrected chi connectivity index (χ0v) is 17.0. The second-order valence-electron chi connectivity index (χ2n) is 6.98. The van der Waals surface area contributed by atoms with E-state index in [0.717, 1.165) is 50.4 Å². The molecule has 2 aromatic carbocycles. The molecule has 1 unspecified atom stereocenters. The Morgan fingerprint density at radius 1 is 1.07 bits per heavy atom. The smallest absolute Gasteiger partial charge is 0.261 e. The maximum absolute atomic E-state index is 12.5. The van der Waals surface area contributed by atoms with Crippen molar-refractivity contribution in [2.24, 2.45) is 0 Å². The molecule has 1 heterocycles. The van der Waals surface area contributed by atoms with E-state index < -0.39 is 16.1 Å². The van der Waals surface area contributed by atoms with Crippen LogP contribution in [-0.2, 0) is 21.2 Å². The van der Waals surface area contributed by atoms with Gasteiger partial charge in [-0.25, -0.2) is 8.42 Å². The lowest BCUT2D eigenvalue weighted by molar-refractivity contribution is 0.0300. The Bertz CT molecular complexity index is 845. The first-order chi connectivity index (χ1) is 13.5. The van der Waals surface area contributed by atoms with Crippen molar-refractivity contribution in [3.05, 3.63) is 59.7 Å². The van der Waals surface area contributed by atoms with Crippen LogP contribution in [0.3, 0.4) is 0 Å². The molecule has 7 heteroatoms. The van der Waals surface area contributed by atoms with E-state index in [1.807, 2.05) is 19.1 Å². The molecule has 0 radical (unpaired) electrons. The van der Waals surface area contributed by atoms with Gasteiger partial charge in [-0.3, -0.25) is 9.62 Å². The maximum Gasteiger partial charge on any atom is 0.261 e.